The summed E-state index contributed by atoms with van der Waals surface area (Å²) in [5.41, 5.74) is 10.1. The lowest BCUT2D eigenvalue weighted by Gasteiger charge is -2.32. The molecular formula is C58H33F6OP. The lowest BCUT2D eigenvalue weighted by Crippen LogP contribution is -2.31. The van der Waals surface area contributed by atoms with E-state index >= 15 is 4.57 Å². The Morgan fingerprint density at radius 2 is 0.545 bits per heavy atom. The molecule has 0 saturated heterocycles. The van der Waals surface area contributed by atoms with Crippen molar-refractivity contribution < 1.29 is 30.9 Å². The first-order chi connectivity index (χ1) is 31.9. The van der Waals surface area contributed by atoms with Crippen LogP contribution in [0.3, 0.4) is 0 Å². The van der Waals surface area contributed by atoms with Crippen LogP contribution in [0, 0.1) is 0 Å². The van der Waals surface area contributed by atoms with Crippen molar-refractivity contribution in [1.82, 2.24) is 0 Å². The van der Waals surface area contributed by atoms with Crippen LogP contribution < -0.4 is 15.9 Å². The molecule has 0 atom stereocenters. The minimum atomic E-state index is -5.18. The Labute approximate surface area is 376 Å². The molecule has 4 aliphatic rings. The van der Waals surface area contributed by atoms with Gasteiger partial charge in [-0.3, -0.25) is 0 Å². The van der Waals surface area contributed by atoms with E-state index in [-0.39, 0.29) is 16.7 Å². The van der Waals surface area contributed by atoms with Crippen molar-refractivity contribution in [3.8, 4) is 44.5 Å². The third kappa shape index (κ3) is 4.86. The molecular weight excluding hydrogens is 858 g/mol. The Kier molecular flexibility index (Phi) is 7.84. The molecule has 0 aromatic heterocycles. The molecule has 0 unspecified atom stereocenters. The van der Waals surface area contributed by atoms with E-state index in [0.717, 1.165) is 89.0 Å². The largest absolute Gasteiger partial charge is 0.416 e. The van der Waals surface area contributed by atoms with E-state index in [1.54, 1.807) is 24.3 Å². The summed E-state index contributed by atoms with van der Waals surface area (Å²) < 4.78 is 107. The maximum Gasteiger partial charge on any atom is 0.416 e. The molecule has 13 rings (SSSR count). The molecule has 9 aromatic rings. The van der Waals surface area contributed by atoms with E-state index in [4.69, 9.17) is 0 Å². The Balaban J connectivity index is 1.14. The van der Waals surface area contributed by atoms with E-state index in [0.29, 0.717) is 12.1 Å². The highest BCUT2D eigenvalue weighted by Crippen LogP contribution is 2.65. The van der Waals surface area contributed by atoms with Crippen LogP contribution in [0.15, 0.2) is 200 Å². The highest BCUT2D eigenvalue weighted by Gasteiger charge is 2.54. The van der Waals surface area contributed by atoms with Gasteiger partial charge in [-0.25, -0.2) is 0 Å². The van der Waals surface area contributed by atoms with Gasteiger partial charge in [-0.05, 0) is 119 Å². The second kappa shape index (κ2) is 13.2. The Morgan fingerprint density at radius 1 is 0.288 bits per heavy atom. The van der Waals surface area contributed by atoms with Gasteiger partial charge in [0.05, 0.1) is 22.0 Å². The van der Waals surface area contributed by atoms with Crippen molar-refractivity contribution in [2.45, 2.75) is 23.2 Å². The number of hydrogen-bond acceptors (Lipinski definition) is 1. The Morgan fingerprint density at radius 3 is 0.818 bits per heavy atom. The average molecular weight is 891 g/mol. The number of halogens is 6. The van der Waals surface area contributed by atoms with Crippen LogP contribution in [-0.4, -0.2) is 0 Å². The minimum Gasteiger partial charge on any atom is -0.309 e. The molecule has 0 fully saturated rings. The topological polar surface area (TPSA) is 17.1 Å². The molecule has 4 aliphatic carbocycles. The zero-order valence-corrected chi connectivity index (χ0v) is 35.6. The van der Waals surface area contributed by atoms with Gasteiger partial charge in [-0.1, -0.05) is 170 Å². The van der Waals surface area contributed by atoms with Gasteiger partial charge in [-0.2, -0.15) is 26.3 Å². The summed E-state index contributed by atoms with van der Waals surface area (Å²) in [4.78, 5) is 0. The van der Waals surface area contributed by atoms with Crippen LogP contribution in [0.4, 0.5) is 26.3 Å². The highest BCUT2D eigenvalue weighted by atomic mass is 31.2. The second-order valence-corrected chi connectivity index (χ2v) is 20.4. The van der Waals surface area contributed by atoms with Crippen molar-refractivity contribution >= 4 is 23.1 Å². The van der Waals surface area contributed by atoms with Crippen molar-refractivity contribution in [3.05, 3.63) is 256 Å². The third-order valence-corrected chi connectivity index (χ3v) is 17.6. The second-order valence-electron chi connectivity index (χ2n) is 17.6. The van der Waals surface area contributed by atoms with Crippen LogP contribution >= 0.6 is 7.14 Å². The Bertz CT molecular complexity index is 3280. The maximum absolute atomic E-state index is 17.2. The lowest BCUT2D eigenvalue weighted by molar-refractivity contribution is -0.142. The molecule has 0 amide bonds. The molecule has 0 saturated carbocycles. The zero-order valence-electron chi connectivity index (χ0n) is 34.7. The van der Waals surface area contributed by atoms with Crippen LogP contribution in [0.5, 0.6) is 0 Å². The summed E-state index contributed by atoms with van der Waals surface area (Å²) in [6, 6.07) is 60.5. The van der Waals surface area contributed by atoms with Gasteiger partial charge < -0.3 is 4.57 Å². The van der Waals surface area contributed by atoms with Gasteiger partial charge in [0, 0.05) is 15.9 Å². The summed E-state index contributed by atoms with van der Waals surface area (Å²) in [6.07, 6.45) is -10.4. The molecule has 0 N–H and O–H groups in total. The van der Waals surface area contributed by atoms with Crippen molar-refractivity contribution in [1.29, 1.82) is 0 Å². The predicted molar refractivity (Wildman–Crippen MR) is 248 cm³/mol. The van der Waals surface area contributed by atoms with Gasteiger partial charge in [0.15, 0.2) is 7.14 Å². The summed E-state index contributed by atoms with van der Waals surface area (Å²) in [7, 11) is -4.68. The van der Waals surface area contributed by atoms with Crippen LogP contribution in [-0.2, 0) is 27.7 Å². The van der Waals surface area contributed by atoms with E-state index < -0.39 is 46.8 Å². The van der Waals surface area contributed by atoms with Crippen molar-refractivity contribution in [2.75, 3.05) is 0 Å². The zero-order chi connectivity index (χ0) is 45.0. The van der Waals surface area contributed by atoms with Crippen molar-refractivity contribution in [2.24, 2.45) is 0 Å². The van der Waals surface area contributed by atoms with Gasteiger partial charge in [-0.15, -0.1) is 0 Å². The molecule has 2 spiro atoms. The van der Waals surface area contributed by atoms with Crippen LogP contribution in [0.1, 0.15) is 55.6 Å². The molecule has 0 bridgehead atoms. The van der Waals surface area contributed by atoms with E-state index in [1.807, 2.05) is 97.1 Å². The molecule has 0 radical (unpaired) electrons. The third-order valence-electron chi connectivity index (χ3n) is 14.6. The number of hydrogen-bond donors (Lipinski definition) is 0. The predicted octanol–water partition coefficient (Wildman–Crippen LogP) is 14.1. The molecule has 8 heteroatoms. The fraction of sp³-hybridized carbons (Fsp3) is 0.0690. The van der Waals surface area contributed by atoms with Gasteiger partial charge in [0.1, 0.15) is 0 Å². The van der Waals surface area contributed by atoms with Crippen LogP contribution in [0.2, 0.25) is 0 Å². The van der Waals surface area contributed by atoms with E-state index in [9.17, 15) is 26.3 Å². The highest BCUT2D eigenvalue weighted by molar-refractivity contribution is 7.85. The molecule has 0 aliphatic heterocycles. The SMILES string of the molecule is O=P(c1cc(C(F)(F)F)cc(C(F)(F)F)c1)(c1ccc2c(c1)C1(c3ccccc3-c3ccccc31)c1ccccc1-2)c1ccc2c(c1)C1(c3ccccc3-c3ccccc31)c1ccccc1-2. The molecule has 318 valence electrons. The summed E-state index contributed by atoms with van der Waals surface area (Å²) in [5.74, 6) is 0. The first kappa shape index (κ1) is 39.2. The lowest BCUT2D eigenvalue weighted by atomic mass is 9.70. The van der Waals surface area contributed by atoms with E-state index in [1.165, 1.54) is 0 Å². The van der Waals surface area contributed by atoms with E-state index in [2.05, 4.69) is 60.7 Å². The molecule has 66 heavy (non-hydrogen) atoms. The quantitative estimate of drug-likeness (QED) is 0.128. The summed E-state index contributed by atoms with van der Waals surface area (Å²) in [6.45, 7) is 0. The smallest absolute Gasteiger partial charge is 0.309 e. The molecule has 0 heterocycles. The average Bonchev–Trinajstić information content (AvgIpc) is 4.02. The molecule has 9 aromatic carbocycles. The monoisotopic (exact) mass is 890 g/mol. The number of rotatable bonds is 3. The number of alkyl halides is 6. The van der Waals surface area contributed by atoms with Gasteiger partial charge in [0.2, 0.25) is 0 Å². The standard InChI is InChI=1S/C58H33F6OP/c59-57(60,61)34-29-35(58(62,63)64)31-38(30-34)66(65,36-25-27-45-43-17-5-11-23-51(43)55(53(45)32-36)47-19-7-1-13-39(47)40-14-2-8-20-48(40)55)37-26-28-46-44-18-6-12-24-52(44)56(54(46)33-37)49-21-9-3-15-41(49)42-16-4-10-22-50(42)56/h1-33H. The van der Waals surface area contributed by atoms with Gasteiger partial charge >= 0.3 is 12.4 Å². The first-order valence-electron chi connectivity index (χ1n) is 21.7. The summed E-state index contributed by atoms with van der Waals surface area (Å²) in [5, 5.41) is -0.308. The number of benzene rings is 9. The van der Waals surface area contributed by atoms with Gasteiger partial charge in [0.25, 0.3) is 0 Å². The fourth-order valence-electron chi connectivity index (χ4n) is 12.1. The Hall–Kier alpha value is -7.21. The summed E-state index contributed by atoms with van der Waals surface area (Å²) >= 11 is 0. The maximum atomic E-state index is 17.2. The van der Waals surface area contributed by atoms with Crippen LogP contribution in [0.25, 0.3) is 44.5 Å². The normalized spacial score (nSPS) is 15.1. The first-order valence-corrected chi connectivity index (χ1v) is 23.4. The van der Waals surface area contributed by atoms with Crippen molar-refractivity contribution in [3.63, 3.8) is 0 Å². The fourth-order valence-corrected chi connectivity index (χ4v) is 14.9. The minimum absolute atomic E-state index is 0.106. The number of fused-ring (bicyclic) bond motifs is 20. The molecule has 1 nitrogen and oxygen atoms in total.